The van der Waals surface area contributed by atoms with Crippen LogP contribution in [0.15, 0.2) is 42.5 Å². The van der Waals surface area contributed by atoms with Crippen LogP contribution in [0.1, 0.15) is 43.4 Å². The largest absolute Gasteiger partial charge is 0.497 e. The van der Waals surface area contributed by atoms with Crippen LogP contribution in [0, 0.1) is 5.92 Å². The fourth-order valence-corrected chi connectivity index (χ4v) is 6.39. The number of hydrogen-bond donors (Lipinski definition) is 1. The van der Waals surface area contributed by atoms with Gasteiger partial charge in [0.1, 0.15) is 5.75 Å². The maximum Gasteiger partial charge on any atom is 0.309 e. The van der Waals surface area contributed by atoms with Crippen molar-refractivity contribution in [3.8, 4) is 17.2 Å². The van der Waals surface area contributed by atoms with Gasteiger partial charge in [0.25, 0.3) is 0 Å². The number of likely N-dealkylation sites (tertiary alicyclic amines) is 1. The molecule has 3 atom stereocenters. The highest BCUT2D eigenvalue weighted by molar-refractivity contribution is 7.89. The van der Waals surface area contributed by atoms with Crippen molar-refractivity contribution in [1.82, 2.24) is 9.21 Å². The summed E-state index contributed by atoms with van der Waals surface area (Å²) in [6, 6.07) is 12.6. The molecule has 0 aromatic heterocycles. The van der Waals surface area contributed by atoms with Gasteiger partial charge in [-0.05, 0) is 48.7 Å². The molecule has 0 spiro atoms. The Kier molecular flexibility index (Phi) is 8.07. The Morgan fingerprint density at radius 3 is 2.42 bits per heavy atom. The number of aliphatic carboxylic acids is 1. The molecule has 36 heavy (non-hydrogen) atoms. The van der Waals surface area contributed by atoms with Gasteiger partial charge >= 0.3 is 5.97 Å². The summed E-state index contributed by atoms with van der Waals surface area (Å²) in [5.74, 6) is 0.0317. The molecular formula is C26H34N2O7S. The van der Waals surface area contributed by atoms with Crippen molar-refractivity contribution >= 4 is 16.0 Å². The molecule has 2 heterocycles. The van der Waals surface area contributed by atoms with Crippen LogP contribution in [-0.2, 0) is 14.8 Å². The Hall–Kier alpha value is -2.82. The van der Waals surface area contributed by atoms with E-state index in [0.717, 1.165) is 11.1 Å². The molecule has 2 aromatic rings. The minimum Gasteiger partial charge on any atom is -0.497 e. The van der Waals surface area contributed by atoms with E-state index in [1.807, 2.05) is 49.4 Å². The van der Waals surface area contributed by atoms with Gasteiger partial charge in [-0.3, -0.25) is 9.69 Å². The monoisotopic (exact) mass is 518 g/mol. The molecule has 196 valence electrons. The molecule has 0 unspecified atom stereocenters. The normalized spacial score (nSPS) is 21.7. The second-order valence-corrected chi connectivity index (χ2v) is 11.4. The van der Waals surface area contributed by atoms with Gasteiger partial charge in [0.15, 0.2) is 11.5 Å². The van der Waals surface area contributed by atoms with Crippen molar-refractivity contribution in [3.05, 3.63) is 53.6 Å². The van der Waals surface area contributed by atoms with Crippen LogP contribution in [0.25, 0.3) is 0 Å². The zero-order valence-electron chi connectivity index (χ0n) is 20.9. The zero-order chi connectivity index (χ0) is 25.9. The summed E-state index contributed by atoms with van der Waals surface area (Å²) in [6.45, 7) is 5.36. The lowest BCUT2D eigenvalue weighted by molar-refractivity contribution is -0.143. The summed E-state index contributed by atoms with van der Waals surface area (Å²) in [6.07, 6.45) is 0.707. The third-order valence-corrected chi connectivity index (χ3v) is 8.91. The van der Waals surface area contributed by atoms with Crippen molar-refractivity contribution in [3.63, 3.8) is 0 Å². The smallest absolute Gasteiger partial charge is 0.309 e. The fraction of sp³-hybridized carbons (Fsp3) is 0.500. The molecule has 1 N–H and O–H groups in total. The highest BCUT2D eigenvalue weighted by Crippen LogP contribution is 2.47. The number of carboxylic acids is 1. The number of hydrogen-bond acceptors (Lipinski definition) is 7. The van der Waals surface area contributed by atoms with Gasteiger partial charge in [-0.2, -0.15) is 0 Å². The number of rotatable bonds is 11. The number of sulfonamides is 1. The maximum atomic E-state index is 12.7. The maximum absolute atomic E-state index is 12.7. The lowest BCUT2D eigenvalue weighted by atomic mass is 9.82. The van der Waals surface area contributed by atoms with E-state index in [2.05, 4.69) is 4.90 Å². The van der Waals surface area contributed by atoms with Gasteiger partial charge in [-0.25, -0.2) is 12.7 Å². The number of carboxylic acid groups (broad SMARTS) is 1. The SMILES string of the molecule is CCCN(CCN1C[C@H](c2ccc3c(c2)OCO3)[C@H](C(=O)O)[C@H]1c1ccc(OC)cc1)S(=O)(=O)CC. The fourth-order valence-electron chi connectivity index (χ4n) is 5.20. The standard InChI is InChI=1S/C26H34N2O7S/c1-4-12-28(36(31,32)5-2)14-13-27-16-21(19-8-11-22-23(15-19)35-17-34-22)24(26(29)30)25(27)18-6-9-20(33-3)10-7-18/h6-11,15,21,24-25H,4-5,12-14,16-17H2,1-3H3,(H,29,30)/t21-,24+,25-/m1/s1. The first-order chi connectivity index (χ1) is 17.3. The molecule has 2 aliphatic heterocycles. The Bertz CT molecular complexity index is 1170. The van der Waals surface area contributed by atoms with Gasteiger partial charge in [0, 0.05) is 38.1 Å². The van der Waals surface area contributed by atoms with Gasteiger partial charge < -0.3 is 19.3 Å². The van der Waals surface area contributed by atoms with E-state index in [9.17, 15) is 18.3 Å². The second-order valence-electron chi connectivity index (χ2n) is 9.10. The van der Waals surface area contributed by atoms with Gasteiger partial charge in [0.05, 0.1) is 18.8 Å². The number of ether oxygens (including phenoxy) is 3. The lowest BCUT2D eigenvalue weighted by Crippen LogP contribution is -2.40. The molecule has 2 aliphatic rings. The molecule has 4 rings (SSSR count). The zero-order valence-corrected chi connectivity index (χ0v) is 21.7. The molecule has 0 amide bonds. The van der Waals surface area contributed by atoms with Crippen LogP contribution in [-0.4, -0.2) is 74.5 Å². The number of fused-ring (bicyclic) bond motifs is 1. The first-order valence-electron chi connectivity index (χ1n) is 12.3. The molecule has 0 radical (unpaired) electrons. The second kappa shape index (κ2) is 11.1. The Morgan fingerprint density at radius 1 is 1.08 bits per heavy atom. The average molecular weight is 519 g/mol. The van der Waals surface area contributed by atoms with Crippen LogP contribution < -0.4 is 14.2 Å². The summed E-state index contributed by atoms with van der Waals surface area (Å²) in [4.78, 5) is 14.8. The molecule has 0 saturated carbocycles. The minimum absolute atomic E-state index is 0.0342. The molecule has 1 fully saturated rings. The first kappa shape index (κ1) is 26.2. The van der Waals surface area contributed by atoms with E-state index in [0.29, 0.717) is 49.8 Å². The van der Waals surface area contributed by atoms with Crippen molar-refractivity contribution in [2.75, 3.05) is 45.8 Å². The third-order valence-electron chi connectivity index (χ3n) is 7.03. The lowest BCUT2D eigenvalue weighted by Gasteiger charge is -2.30. The van der Waals surface area contributed by atoms with Gasteiger partial charge in [-0.1, -0.05) is 25.1 Å². The van der Waals surface area contributed by atoms with Crippen LogP contribution >= 0.6 is 0 Å². The Balaban J connectivity index is 1.69. The molecular weight excluding hydrogens is 484 g/mol. The van der Waals surface area contributed by atoms with Crippen molar-refractivity contribution in [2.45, 2.75) is 32.2 Å². The topological polar surface area (TPSA) is 106 Å². The molecule has 2 aromatic carbocycles. The minimum atomic E-state index is -3.36. The van der Waals surface area contributed by atoms with E-state index < -0.39 is 28.0 Å². The van der Waals surface area contributed by atoms with Crippen molar-refractivity contribution in [2.24, 2.45) is 5.92 Å². The van der Waals surface area contributed by atoms with E-state index >= 15 is 0 Å². The van der Waals surface area contributed by atoms with Crippen molar-refractivity contribution < 1.29 is 32.5 Å². The highest BCUT2D eigenvalue weighted by Gasteiger charge is 2.47. The molecule has 10 heteroatoms. The predicted molar refractivity (Wildman–Crippen MR) is 135 cm³/mol. The molecule has 9 nitrogen and oxygen atoms in total. The summed E-state index contributed by atoms with van der Waals surface area (Å²) in [5.41, 5.74) is 1.71. The van der Waals surface area contributed by atoms with Crippen LogP contribution in [0.2, 0.25) is 0 Å². The molecule has 1 saturated heterocycles. The number of methoxy groups -OCH3 is 1. The van der Waals surface area contributed by atoms with Crippen molar-refractivity contribution in [1.29, 1.82) is 0 Å². The van der Waals surface area contributed by atoms with E-state index in [4.69, 9.17) is 14.2 Å². The van der Waals surface area contributed by atoms with E-state index in [1.165, 1.54) is 4.31 Å². The van der Waals surface area contributed by atoms with E-state index in [1.54, 1.807) is 14.0 Å². The van der Waals surface area contributed by atoms with Crippen LogP contribution in [0.3, 0.4) is 0 Å². The summed E-state index contributed by atoms with van der Waals surface area (Å²) in [5, 5.41) is 10.4. The number of nitrogens with zero attached hydrogens (tertiary/aromatic N) is 2. The number of benzene rings is 2. The van der Waals surface area contributed by atoms with Crippen LogP contribution in [0.5, 0.6) is 17.2 Å². The highest BCUT2D eigenvalue weighted by atomic mass is 32.2. The Morgan fingerprint density at radius 2 is 1.78 bits per heavy atom. The summed E-state index contributed by atoms with van der Waals surface area (Å²) in [7, 11) is -1.78. The number of carbonyl (C=O) groups is 1. The summed E-state index contributed by atoms with van der Waals surface area (Å²) >= 11 is 0. The quantitative estimate of drug-likeness (QED) is 0.483. The van der Waals surface area contributed by atoms with Gasteiger partial charge in [0.2, 0.25) is 16.8 Å². The molecule has 0 bridgehead atoms. The Labute approximate surface area is 212 Å². The van der Waals surface area contributed by atoms with Crippen LogP contribution in [0.4, 0.5) is 0 Å². The predicted octanol–water partition coefficient (Wildman–Crippen LogP) is 3.33. The molecule has 0 aliphatic carbocycles. The van der Waals surface area contributed by atoms with E-state index in [-0.39, 0.29) is 18.5 Å². The summed E-state index contributed by atoms with van der Waals surface area (Å²) < 4.78 is 43.1. The average Bonchev–Trinajstić information content (AvgIpc) is 3.50. The third kappa shape index (κ3) is 5.30. The van der Waals surface area contributed by atoms with Gasteiger partial charge in [-0.15, -0.1) is 0 Å². The first-order valence-corrected chi connectivity index (χ1v) is 13.9.